The Morgan fingerprint density at radius 3 is 2.00 bits per heavy atom. The Labute approximate surface area is 372 Å². The van der Waals surface area contributed by atoms with Gasteiger partial charge in [0.15, 0.2) is 0 Å². The van der Waals surface area contributed by atoms with E-state index in [0.29, 0.717) is 37.7 Å². The molecular formula is C50H53N7O7. The zero-order valence-corrected chi connectivity index (χ0v) is 36.3. The standard InChI is InChI=1S/C50H53N7O7/c1-32(53-49(60)62-2)47(58)56-25-7-11-44(56)41-28-39(29-51-41)37-17-15-35(16-18-37)36-19-21-38(22-20-36)43-30-52-46(54-43)45-12-8-26-57(45)48(59)42(55-50(61)63-3)27-33-13-23-40(24-14-33)64-31-34-9-5-4-6-10-34/h4-6,9-10,13-24,29-30,32,42,44-45H,7-8,11-12,25-28,31H2,1-3H3,(H,52,54)(H,53,60)(H,55,61)/t32-,42-,44-,45-/m0/s1. The highest BCUT2D eigenvalue weighted by atomic mass is 16.5. The number of alkyl carbamates (subject to hydrolysis) is 2. The van der Waals surface area contributed by atoms with Gasteiger partial charge in [0.1, 0.15) is 30.3 Å². The minimum atomic E-state index is -0.839. The third-order valence-electron chi connectivity index (χ3n) is 12.2. The molecule has 14 nitrogen and oxygen atoms in total. The summed E-state index contributed by atoms with van der Waals surface area (Å²) in [5, 5.41) is 5.35. The molecule has 3 N–H and O–H groups in total. The van der Waals surface area contributed by atoms with Crippen molar-refractivity contribution in [2.75, 3.05) is 27.3 Å². The van der Waals surface area contributed by atoms with Crippen molar-refractivity contribution in [1.29, 1.82) is 0 Å². The fraction of sp³-hybridized carbons (Fsp3) is 0.320. The van der Waals surface area contributed by atoms with E-state index in [2.05, 4.69) is 68.9 Å². The Kier molecular flexibility index (Phi) is 13.5. The van der Waals surface area contributed by atoms with Crippen molar-refractivity contribution in [3.8, 4) is 28.1 Å². The summed E-state index contributed by atoms with van der Waals surface area (Å²) in [6, 6.07) is 32.3. The maximum Gasteiger partial charge on any atom is 0.407 e. The van der Waals surface area contributed by atoms with Crippen LogP contribution in [0.3, 0.4) is 0 Å². The number of carbonyl (C=O) groups is 4. The first-order valence-corrected chi connectivity index (χ1v) is 21.7. The summed E-state index contributed by atoms with van der Waals surface area (Å²) in [4.78, 5) is 68.1. The van der Waals surface area contributed by atoms with E-state index in [0.717, 1.165) is 76.0 Å². The molecule has 8 rings (SSSR count). The molecule has 2 saturated heterocycles. The number of methoxy groups -OCH3 is 2. The van der Waals surface area contributed by atoms with E-state index in [1.807, 2.05) is 65.7 Å². The number of H-pyrrole nitrogens is 1. The molecule has 3 aliphatic heterocycles. The van der Waals surface area contributed by atoms with E-state index in [4.69, 9.17) is 19.5 Å². The summed E-state index contributed by atoms with van der Waals surface area (Å²) >= 11 is 0. The number of likely N-dealkylation sites (tertiary alicyclic amines) is 2. The Bertz CT molecular complexity index is 2500. The number of aromatic amines is 1. The number of imidazole rings is 1. The smallest absolute Gasteiger partial charge is 0.407 e. The number of hydrogen-bond donors (Lipinski definition) is 3. The molecule has 1 aromatic heterocycles. The van der Waals surface area contributed by atoms with Crippen LogP contribution in [0.1, 0.15) is 67.6 Å². The zero-order chi connectivity index (χ0) is 44.6. The molecule has 2 fully saturated rings. The van der Waals surface area contributed by atoms with Crippen molar-refractivity contribution in [1.82, 2.24) is 30.4 Å². The van der Waals surface area contributed by atoms with Gasteiger partial charge in [0, 0.05) is 37.8 Å². The SMILES string of the molecule is COC(=O)N[C@@H](C)C(=O)N1CCC[C@H]1C1=NC=C(c2ccc(-c3ccc(-c4cnc([C@@H]5CCCN5C(=O)[C@H](Cc5ccc(OCc6ccccc6)cc5)NC(=O)OC)[nH]4)cc3)cc2)C1. The maximum atomic E-state index is 14.2. The van der Waals surface area contributed by atoms with Crippen LogP contribution in [0.25, 0.3) is 28.0 Å². The maximum absolute atomic E-state index is 14.2. The molecule has 4 heterocycles. The van der Waals surface area contributed by atoms with Gasteiger partial charge in [0.2, 0.25) is 11.8 Å². The number of rotatable bonds is 14. The Hall–Kier alpha value is -7.22. The number of nitrogens with one attached hydrogen (secondary N) is 3. The highest BCUT2D eigenvalue weighted by molar-refractivity contribution is 6.03. The van der Waals surface area contributed by atoms with Crippen LogP contribution in [0.15, 0.2) is 121 Å². The largest absolute Gasteiger partial charge is 0.489 e. The number of nitrogens with zero attached hydrogens (tertiary/aromatic N) is 4. The zero-order valence-electron chi connectivity index (χ0n) is 36.3. The summed E-state index contributed by atoms with van der Waals surface area (Å²) in [6.07, 6.45) is 6.61. The fourth-order valence-corrected chi connectivity index (χ4v) is 8.74. The number of carbonyl (C=O) groups excluding carboxylic acids is 4. The van der Waals surface area contributed by atoms with Crippen molar-refractivity contribution < 1.29 is 33.4 Å². The lowest BCUT2D eigenvalue weighted by molar-refractivity contribution is -0.134. The molecule has 0 saturated carbocycles. The second-order valence-electron chi connectivity index (χ2n) is 16.3. The molecule has 4 amide bonds. The quantitative estimate of drug-likeness (QED) is 0.101. The molecule has 0 aliphatic carbocycles. The predicted octanol–water partition coefficient (Wildman–Crippen LogP) is 7.87. The number of allylic oxidation sites excluding steroid dienone is 1. The number of aromatic nitrogens is 2. The molecule has 330 valence electrons. The van der Waals surface area contributed by atoms with Crippen LogP contribution in [0.4, 0.5) is 9.59 Å². The van der Waals surface area contributed by atoms with E-state index in [1.165, 1.54) is 14.2 Å². The van der Waals surface area contributed by atoms with E-state index < -0.39 is 24.3 Å². The third-order valence-corrected chi connectivity index (χ3v) is 12.2. The van der Waals surface area contributed by atoms with Gasteiger partial charge in [0.25, 0.3) is 0 Å². The fourth-order valence-electron chi connectivity index (χ4n) is 8.74. The van der Waals surface area contributed by atoms with Gasteiger partial charge in [-0.05, 0) is 83.7 Å². The van der Waals surface area contributed by atoms with Gasteiger partial charge in [-0.15, -0.1) is 0 Å². The van der Waals surface area contributed by atoms with Crippen LogP contribution in [0.2, 0.25) is 0 Å². The summed E-state index contributed by atoms with van der Waals surface area (Å²) in [6.45, 7) is 3.29. The number of ether oxygens (including phenoxy) is 3. The van der Waals surface area contributed by atoms with Crippen LogP contribution >= 0.6 is 0 Å². The number of benzene rings is 4. The second kappa shape index (κ2) is 19.9. The summed E-state index contributed by atoms with van der Waals surface area (Å²) < 4.78 is 15.5. The number of aliphatic imine (C=N–C) groups is 1. The minimum Gasteiger partial charge on any atom is -0.489 e. The normalized spacial score (nSPS) is 17.9. The molecule has 14 heteroatoms. The second-order valence-corrected chi connectivity index (χ2v) is 16.3. The lowest BCUT2D eigenvalue weighted by Crippen LogP contribution is -2.50. The molecule has 4 aromatic carbocycles. The molecule has 64 heavy (non-hydrogen) atoms. The summed E-state index contributed by atoms with van der Waals surface area (Å²) in [5.41, 5.74) is 9.02. The predicted molar refractivity (Wildman–Crippen MR) is 243 cm³/mol. The number of hydrogen-bond acceptors (Lipinski definition) is 9. The van der Waals surface area contributed by atoms with Gasteiger partial charge in [-0.1, -0.05) is 91.0 Å². The molecule has 0 radical (unpaired) electrons. The van der Waals surface area contributed by atoms with Crippen molar-refractivity contribution in [3.63, 3.8) is 0 Å². The van der Waals surface area contributed by atoms with E-state index >= 15 is 0 Å². The van der Waals surface area contributed by atoms with Crippen molar-refractivity contribution in [3.05, 3.63) is 138 Å². The Balaban J connectivity index is 0.873. The monoisotopic (exact) mass is 863 g/mol. The van der Waals surface area contributed by atoms with Crippen LogP contribution in [0, 0.1) is 0 Å². The van der Waals surface area contributed by atoms with Crippen molar-refractivity contribution >= 4 is 35.3 Å². The Morgan fingerprint density at radius 1 is 0.719 bits per heavy atom. The van der Waals surface area contributed by atoms with Gasteiger partial charge in [-0.3, -0.25) is 14.6 Å². The van der Waals surface area contributed by atoms with E-state index in [1.54, 1.807) is 18.0 Å². The topological polar surface area (TPSA) is 168 Å². The number of amides is 4. The van der Waals surface area contributed by atoms with Gasteiger partial charge in [-0.25, -0.2) is 14.6 Å². The van der Waals surface area contributed by atoms with Gasteiger partial charge >= 0.3 is 12.2 Å². The first-order valence-electron chi connectivity index (χ1n) is 21.7. The average molecular weight is 864 g/mol. The molecule has 0 unspecified atom stereocenters. The van der Waals surface area contributed by atoms with Crippen LogP contribution in [0.5, 0.6) is 5.75 Å². The minimum absolute atomic E-state index is 0.0964. The summed E-state index contributed by atoms with van der Waals surface area (Å²) in [7, 11) is 2.57. The molecule has 0 spiro atoms. The molecule has 3 aliphatic rings. The molecule has 0 bridgehead atoms. The van der Waals surface area contributed by atoms with Crippen LogP contribution in [-0.2, 0) is 32.1 Å². The average Bonchev–Trinajstić information content (AvgIpc) is 4.19. The van der Waals surface area contributed by atoms with Crippen LogP contribution < -0.4 is 15.4 Å². The van der Waals surface area contributed by atoms with Crippen molar-refractivity contribution in [2.24, 2.45) is 4.99 Å². The third kappa shape index (κ3) is 10.0. The highest BCUT2D eigenvalue weighted by Crippen LogP contribution is 2.34. The van der Waals surface area contributed by atoms with E-state index in [-0.39, 0.29) is 30.3 Å². The first kappa shape index (κ1) is 43.4. The van der Waals surface area contributed by atoms with E-state index in [9.17, 15) is 19.2 Å². The lowest BCUT2D eigenvalue weighted by Gasteiger charge is -2.28. The van der Waals surface area contributed by atoms with Crippen molar-refractivity contribution in [2.45, 2.75) is 76.2 Å². The van der Waals surface area contributed by atoms with Gasteiger partial charge < -0.3 is 39.6 Å². The molecular weight excluding hydrogens is 811 g/mol. The van der Waals surface area contributed by atoms with Gasteiger partial charge in [-0.2, -0.15) is 0 Å². The molecule has 4 atom stereocenters. The van der Waals surface area contributed by atoms with Crippen LogP contribution in [-0.4, -0.2) is 94.9 Å². The Morgan fingerprint density at radius 2 is 1.33 bits per heavy atom. The van der Waals surface area contributed by atoms with Gasteiger partial charge in [0.05, 0.1) is 38.2 Å². The summed E-state index contributed by atoms with van der Waals surface area (Å²) in [5.74, 6) is 1.07. The lowest BCUT2D eigenvalue weighted by atomic mass is 9.96. The first-order chi connectivity index (χ1) is 31.2. The molecule has 5 aromatic rings. The highest BCUT2D eigenvalue weighted by Gasteiger charge is 2.38.